The quantitative estimate of drug-likeness (QED) is 0.694. The maximum atomic E-state index is 12.5. The van der Waals surface area contributed by atoms with E-state index < -0.39 is 33.7 Å². The zero-order chi connectivity index (χ0) is 21.1. The topological polar surface area (TPSA) is 113 Å². The van der Waals surface area contributed by atoms with Crippen LogP contribution in [-0.2, 0) is 32.5 Å². The summed E-state index contributed by atoms with van der Waals surface area (Å²) in [5.41, 5.74) is 0.538. The van der Waals surface area contributed by atoms with E-state index in [1.165, 1.54) is 12.1 Å². The van der Waals surface area contributed by atoms with Crippen LogP contribution in [0.5, 0.6) is 0 Å². The van der Waals surface area contributed by atoms with E-state index in [1.807, 2.05) is 6.92 Å². The first-order chi connectivity index (χ1) is 12.9. The van der Waals surface area contributed by atoms with Gasteiger partial charge in [0.1, 0.15) is 11.6 Å². The molecule has 1 aromatic rings. The summed E-state index contributed by atoms with van der Waals surface area (Å²) in [6, 6.07) is 3.52. The van der Waals surface area contributed by atoms with Crippen LogP contribution >= 0.6 is 0 Å². The number of sulfonamides is 1. The Morgan fingerprint density at radius 3 is 2.54 bits per heavy atom. The summed E-state index contributed by atoms with van der Waals surface area (Å²) in [6.45, 7) is 7.39. The summed E-state index contributed by atoms with van der Waals surface area (Å²) in [4.78, 5) is 25.4. The second-order valence-corrected chi connectivity index (χ2v) is 9.62. The molecule has 0 aromatic heterocycles. The average molecular weight is 413 g/mol. The van der Waals surface area contributed by atoms with Gasteiger partial charge in [-0.2, -0.15) is 0 Å². The van der Waals surface area contributed by atoms with Crippen LogP contribution in [0.3, 0.4) is 0 Å². The Balaban J connectivity index is 2.31. The molecule has 9 heteroatoms. The standard InChI is InChI=1S/C19H28N2O6S/c1-5-6-9-20-28(25,26)15-8-7-13-11-16(17(22)23)21(12-14(13)10-15)18(24)27-19(2,3)4/h7-8,10,16,20H,5-6,9,11-12H2,1-4H3,(H,22,23)/t16-/m0/s1. The summed E-state index contributed by atoms with van der Waals surface area (Å²) >= 11 is 0. The van der Waals surface area contributed by atoms with Crippen LogP contribution in [0.1, 0.15) is 51.7 Å². The molecule has 0 radical (unpaired) electrons. The van der Waals surface area contributed by atoms with Gasteiger partial charge in [-0.15, -0.1) is 0 Å². The number of hydrogen-bond donors (Lipinski definition) is 2. The first-order valence-electron chi connectivity index (χ1n) is 9.28. The molecule has 2 N–H and O–H groups in total. The molecule has 1 aliphatic heterocycles. The van der Waals surface area contributed by atoms with Crippen molar-refractivity contribution < 1.29 is 27.9 Å². The van der Waals surface area contributed by atoms with Crippen molar-refractivity contribution >= 4 is 22.1 Å². The Bertz CT molecular complexity index is 844. The SMILES string of the molecule is CCCCNS(=O)(=O)c1ccc2c(c1)CN(C(=O)OC(C)(C)C)[C@H](C(=O)O)C2. The molecular formula is C19H28N2O6S. The lowest BCUT2D eigenvalue weighted by Crippen LogP contribution is -2.50. The monoisotopic (exact) mass is 412 g/mol. The molecule has 2 rings (SSSR count). The lowest BCUT2D eigenvalue weighted by Gasteiger charge is -2.35. The molecular weight excluding hydrogens is 384 g/mol. The molecule has 0 saturated heterocycles. The highest BCUT2D eigenvalue weighted by atomic mass is 32.2. The minimum absolute atomic E-state index is 0.0282. The summed E-state index contributed by atoms with van der Waals surface area (Å²) in [5, 5.41) is 9.53. The molecule has 1 atom stereocenters. The molecule has 1 aromatic carbocycles. The number of ether oxygens (including phenoxy) is 1. The van der Waals surface area contributed by atoms with E-state index in [0.717, 1.165) is 17.7 Å². The summed E-state index contributed by atoms with van der Waals surface area (Å²) in [6.07, 6.45) is 0.957. The lowest BCUT2D eigenvalue weighted by atomic mass is 9.94. The third-order valence-electron chi connectivity index (χ3n) is 4.35. The number of amides is 1. The van der Waals surface area contributed by atoms with E-state index >= 15 is 0 Å². The van der Waals surface area contributed by atoms with Crippen LogP contribution in [0.15, 0.2) is 23.1 Å². The minimum Gasteiger partial charge on any atom is -0.480 e. The van der Waals surface area contributed by atoms with Crippen molar-refractivity contribution in [3.05, 3.63) is 29.3 Å². The molecule has 28 heavy (non-hydrogen) atoms. The highest BCUT2D eigenvalue weighted by Gasteiger charge is 2.37. The fourth-order valence-electron chi connectivity index (χ4n) is 2.93. The molecule has 0 bridgehead atoms. The molecule has 0 fully saturated rings. The van der Waals surface area contributed by atoms with Gasteiger partial charge in [0.2, 0.25) is 10.0 Å². The maximum absolute atomic E-state index is 12.5. The molecule has 8 nitrogen and oxygen atoms in total. The van der Waals surface area contributed by atoms with E-state index in [2.05, 4.69) is 4.72 Å². The lowest BCUT2D eigenvalue weighted by molar-refractivity contribution is -0.143. The highest BCUT2D eigenvalue weighted by Crippen LogP contribution is 2.27. The van der Waals surface area contributed by atoms with Gasteiger partial charge in [-0.1, -0.05) is 19.4 Å². The van der Waals surface area contributed by atoms with Gasteiger partial charge in [-0.25, -0.2) is 22.7 Å². The van der Waals surface area contributed by atoms with Crippen molar-refractivity contribution in [2.24, 2.45) is 0 Å². The molecule has 156 valence electrons. The van der Waals surface area contributed by atoms with Gasteiger partial charge in [0.15, 0.2) is 0 Å². The summed E-state index contributed by atoms with van der Waals surface area (Å²) < 4.78 is 32.8. The van der Waals surface area contributed by atoms with Crippen molar-refractivity contribution in [2.45, 2.75) is 70.0 Å². The molecule has 1 aliphatic rings. The van der Waals surface area contributed by atoms with Gasteiger partial charge >= 0.3 is 12.1 Å². The number of hydrogen-bond acceptors (Lipinski definition) is 5. The first-order valence-corrected chi connectivity index (χ1v) is 10.8. The second-order valence-electron chi connectivity index (χ2n) is 7.85. The van der Waals surface area contributed by atoms with Crippen LogP contribution in [0.2, 0.25) is 0 Å². The van der Waals surface area contributed by atoms with Crippen LogP contribution in [0.25, 0.3) is 0 Å². The number of fused-ring (bicyclic) bond motifs is 1. The van der Waals surface area contributed by atoms with Crippen molar-refractivity contribution in [1.82, 2.24) is 9.62 Å². The number of carbonyl (C=O) groups is 2. The molecule has 0 saturated carbocycles. The molecule has 0 spiro atoms. The second kappa shape index (κ2) is 8.48. The number of carboxylic acid groups (broad SMARTS) is 1. The average Bonchev–Trinajstić information content (AvgIpc) is 2.58. The molecule has 0 aliphatic carbocycles. The van der Waals surface area contributed by atoms with Crippen LogP contribution in [-0.4, -0.2) is 48.7 Å². The van der Waals surface area contributed by atoms with E-state index in [1.54, 1.807) is 26.8 Å². The Morgan fingerprint density at radius 1 is 1.29 bits per heavy atom. The Hall–Kier alpha value is -2.13. The van der Waals surface area contributed by atoms with Crippen LogP contribution in [0, 0.1) is 0 Å². The van der Waals surface area contributed by atoms with E-state index in [-0.39, 0.29) is 17.9 Å². The number of rotatable bonds is 6. The number of aliphatic carboxylic acids is 1. The number of benzene rings is 1. The number of unbranched alkanes of at least 4 members (excludes halogenated alkanes) is 1. The third kappa shape index (κ3) is 5.45. The van der Waals surface area contributed by atoms with Gasteiger partial charge < -0.3 is 9.84 Å². The largest absolute Gasteiger partial charge is 0.480 e. The number of nitrogens with zero attached hydrogens (tertiary/aromatic N) is 1. The normalized spacial score (nSPS) is 17.1. The maximum Gasteiger partial charge on any atom is 0.411 e. The molecule has 1 amide bonds. The first kappa shape index (κ1) is 22.2. The zero-order valence-electron chi connectivity index (χ0n) is 16.7. The van der Waals surface area contributed by atoms with Gasteiger partial charge in [0.25, 0.3) is 0 Å². The smallest absolute Gasteiger partial charge is 0.411 e. The Kier molecular flexibility index (Phi) is 6.71. The predicted molar refractivity (Wildman–Crippen MR) is 103 cm³/mol. The van der Waals surface area contributed by atoms with Gasteiger partial charge in [-0.05, 0) is 50.5 Å². The Labute approximate surface area is 165 Å². The van der Waals surface area contributed by atoms with Gasteiger partial charge in [-0.3, -0.25) is 4.90 Å². The predicted octanol–water partition coefficient (Wildman–Crippen LogP) is 2.51. The zero-order valence-corrected chi connectivity index (χ0v) is 17.5. The van der Waals surface area contributed by atoms with Gasteiger partial charge in [0, 0.05) is 13.0 Å². The molecule has 1 heterocycles. The van der Waals surface area contributed by atoms with Crippen molar-refractivity contribution in [1.29, 1.82) is 0 Å². The molecule has 0 unspecified atom stereocenters. The third-order valence-corrected chi connectivity index (χ3v) is 5.81. The summed E-state index contributed by atoms with van der Waals surface area (Å²) in [5.74, 6) is -1.13. The van der Waals surface area contributed by atoms with Crippen LogP contribution < -0.4 is 4.72 Å². The van der Waals surface area contributed by atoms with Crippen molar-refractivity contribution in [2.75, 3.05) is 6.54 Å². The Morgan fingerprint density at radius 2 is 1.96 bits per heavy atom. The summed E-state index contributed by atoms with van der Waals surface area (Å²) in [7, 11) is -3.66. The highest BCUT2D eigenvalue weighted by molar-refractivity contribution is 7.89. The van der Waals surface area contributed by atoms with Crippen LogP contribution in [0.4, 0.5) is 4.79 Å². The number of nitrogens with one attached hydrogen (secondary N) is 1. The van der Waals surface area contributed by atoms with E-state index in [9.17, 15) is 23.1 Å². The van der Waals surface area contributed by atoms with Crippen molar-refractivity contribution in [3.63, 3.8) is 0 Å². The van der Waals surface area contributed by atoms with Crippen molar-refractivity contribution in [3.8, 4) is 0 Å². The number of carboxylic acids is 1. The fourth-order valence-corrected chi connectivity index (χ4v) is 4.05. The van der Waals surface area contributed by atoms with E-state index in [0.29, 0.717) is 17.7 Å². The minimum atomic E-state index is -3.66. The number of carbonyl (C=O) groups excluding carboxylic acids is 1. The van der Waals surface area contributed by atoms with Gasteiger partial charge in [0.05, 0.1) is 11.4 Å². The van der Waals surface area contributed by atoms with E-state index in [4.69, 9.17) is 4.74 Å². The fraction of sp³-hybridized carbons (Fsp3) is 0.579.